The second-order valence-electron chi connectivity index (χ2n) is 11.4. The van der Waals surface area contributed by atoms with Gasteiger partial charge in [-0.05, 0) is 52.8 Å². The normalized spacial score (nSPS) is 11.6. The maximum Gasteiger partial charge on any atom is 0.516 e. The number of carbonyl (C=O) groups excluding carboxylic acids is 4. The Balaban J connectivity index is 1.54. The van der Waals surface area contributed by atoms with E-state index in [-0.39, 0.29) is 45.5 Å². The summed E-state index contributed by atoms with van der Waals surface area (Å²) in [5.41, 5.74) is -0.589. The van der Waals surface area contributed by atoms with E-state index in [1.54, 1.807) is 20.9 Å². The number of carbonyl (C=O) groups is 4. The van der Waals surface area contributed by atoms with Crippen molar-refractivity contribution in [3.05, 3.63) is 60.5 Å². The van der Waals surface area contributed by atoms with Crippen LogP contribution in [-0.2, 0) is 21.3 Å². The van der Waals surface area contributed by atoms with E-state index in [0.717, 1.165) is 18.5 Å². The zero-order chi connectivity index (χ0) is 35.4. The average Bonchev–Trinajstić information content (AvgIpc) is 3.61. The molecule has 48 heavy (non-hydrogen) atoms. The second-order valence-corrected chi connectivity index (χ2v) is 11.4. The molecule has 4 aromatic rings. The molecule has 1 N–H and O–H groups in total. The van der Waals surface area contributed by atoms with Gasteiger partial charge in [0.15, 0.2) is 5.69 Å². The molecule has 0 bridgehead atoms. The van der Waals surface area contributed by atoms with Gasteiger partial charge < -0.3 is 23.9 Å². The number of aromatic nitrogens is 5. The Morgan fingerprint density at radius 2 is 1.81 bits per heavy atom. The molecule has 0 aromatic carbocycles. The number of nitrogens with zero attached hydrogens (tertiary/aromatic N) is 6. The Hall–Kier alpha value is -5.81. The van der Waals surface area contributed by atoms with E-state index < -0.39 is 48.6 Å². The van der Waals surface area contributed by atoms with Gasteiger partial charge in [-0.25, -0.2) is 24.4 Å². The standard InChI is InChI=1S/C30H30F3N7O8/c1-16(2)46-28(44)47-26(42)19-9-18(11-34-12-19)23-20(13-39(6)38-23)36-24(41)21-14-45-25(37-21)17-7-8-35-22(10-17)40(15-30(31,32)33)27(43)48-29(3,4)5/h7-14,16H,15H2,1-6H3,(H,36,41). The molecule has 0 saturated heterocycles. The number of oxazole rings is 1. The number of hydrogen-bond donors (Lipinski definition) is 1. The molecule has 0 atom stereocenters. The summed E-state index contributed by atoms with van der Waals surface area (Å²) in [7, 11) is 1.58. The molecule has 0 radical (unpaired) electrons. The number of aryl methyl sites for hydroxylation is 1. The molecule has 0 unspecified atom stereocenters. The largest absolute Gasteiger partial charge is 0.516 e. The lowest BCUT2D eigenvalue weighted by Gasteiger charge is -2.27. The number of pyridine rings is 2. The lowest BCUT2D eigenvalue weighted by molar-refractivity contribution is -0.119. The molecule has 15 nitrogen and oxygen atoms in total. The van der Waals surface area contributed by atoms with Crippen molar-refractivity contribution < 1.29 is 51.0 Å². The van der Waals surface area contributed by atoms with Crippen LogP contribution in [0.15, 0.2) is 53.7 Å². The summed E-state index contributed by atoms with van der Waals surface area (Å²) in [5, 5.41) is 6.95. The molecule has 254 valence electrons. The maximum atomic E-state index is 13.4. The van der Waals surface area contributed by atoms with Gasteiger partial charge in [0.1, 0.15) is 29.9 Å². The Kier molecular flexibility index (Phi) is 10.1. The number of ether oxygens (including phenoxy) is 3. The molecular weight excluding hydrogens is 643 g/mol. The fourth-order valence-electron chi connectivity index (χ4n) is 3.96. The molecule has 4 aromatic heterocycles. The van der Waals surface area contributed by atoms with E-state index in [9.17, 15) is 32.3 Å². The number of nitrogens with one attached hydrogen (secondary N) is 1. The summed E-state index contributed by atoms with van der Waals surface area (Å²) in [5.74, 6) is -2.31. The minimum absolute atomic E-state index is 0.0885. The molecule has 0 spiro atoms. The van der Waals surface area contributed by atoms with Gasteiger partial charge in [-0.1, -0.05) is 0 Å². The zero-order valence-corrected chi connectivity index (χ0v) is 26.5. The topological polar surface area (TPSA) is 181 Å². The molecule has 0 aliphatic carbocycles. The van der Waals surface area contributed by atoms with Crippen LogP contribution in [0.3, 0.4) is 0 Å². The van der Waals surface area contributed by atoms with Gasteiger partial charge in [0.05, 0.1) is 17.4 Å². The highest BCUT2D eigenvalue weighted by atomic mass is 19.4. The molecule has 0 aliphatic rings. The Labute approximate surface area is 271 Å². The van der Waals surface area contributed by atoms with Crippen molar-refractivity contribution in [1.29, 1.82) is 0 Å². The molecule has 4 rings (SSSR count). The molecule has 0 fully saturated rings. The Bertz CT molecular complexity index is 1830. The van der Waals surface area contributed by atoms with Crippen LogP contribution in [0.2, 0.25) is 0 Å². The number of hydrogen-bond acceptors (Lipinski definition) is 12. The third-order valence-corrected chi connectivity index (χ3v) is 5.79. The van der Waals surface area contributed by atoms with Gasteiger partial charge in [0.2, 0.25) is 5.89 Å². The first-order valence-electron chi connectivity index (χ1n) is 14.1. The summed E-state index contributed by atoms with van der Waals surface area (Å²) >= 11 is 0. The molecule has 18 heteroatoms. The zero-order valence-electron chi connectivity index (χ0n) is 26.5. The number of amides is 2. The van der Waals surface area contributed by atoms with Crippen molar-refractivity contribution in [3.8, 4) is 22.7 Å². The molecule has 0 saturated carbocycles. The van der Waals surface area contributed by atoms with Crippen LogP contribution < -0.4 is 10.2 Å². The van der Waals surface area contributed by atoms with Crippen LogP contribution in [0.5, 0.6) is 0 Å². The van der Waals surface area contributed by atoms with Crippen molar-refractivity contribution in [2.24, 2.45) is 7.05 Å². The van der Waals surface area contributed by atoms with E-state index in [0.29, 0.717) is 4.90 Å². The number of anilines is 2. The predicted octanol–water partition coefficient (Wildman–Crippen LogP) is 5.79. The smallest absolute Gasteiger partial charge is 0.444 e. The van der Waals surface area contributed by atoms with Crippen LogP contribution in [0.1, 0.15) is 55.5 Å². The van der Waals surface area contributed by atoms with Crippen molar-refractivity contribution in [2.45, 2.75) is 52.5 Å². The average molecular weight is 674 g/mol. The highest BCUT2D eigenvalue weighted by Crippen LogP contribution is 2.29. The monoisotopic (exact) mass is 673 g/mol. The van der Waals surface area contributed by atoms with E-state index >= 15 is 0 Å². The number of halogens is 3. The van der Waals surface area contributed by atoms with Crippen molar-refractivity contribution in [2.75, 3.05) is 16.8 Å². The first-order valence-corrected chi connectivity index (χ1v) is 14.1. The lowest BCUT2D eigenvalue weighted by Crippen LogP contribution is -2.42. The van der Waals surface area contributed by atoms with Crippen LogP contribution in [0.4, 0.5) is 34.3 Å². The summed E-state index contributed by atoms with van der Waals surface area (Å²) in [6.45, 7) is 6.02. The molecule has 2 amide bonds. The number of alkyl halides is 3. The minimum Gasteiger partial charge on any atom is -0.444 e. The van der Waals surface area contributed by atoms with Crippen LogP contribution in [0, 0.1) is 0 Å². The molecule has 4 heterocycles. The predicted molar refractivity (Wildman–Crippen MR) is 161 cm³/mol. The summed E-state index contributed by atoms with van der Waals surface area (Å²) in [6, 6.07) is 3.85. The number of esters is 1. The van der Waals surface area contributed by atoms with E-state index in [1.165, 1.54) is 56.2 Å². The maximum absolute atomic E-state index is 13.4. The summed E-state index contributed by atoms with van der Waals surface area (Å²) in [4.78, 5) is 62.3. The van der Waals surface area contributed by atoms with E-state index in [4.69, 9.17) is 13.9 Å². The lowest BCUT2D eigenvalue weighted by atomic mass is 10.1. The fourth-order valence-corrected chi connectivity index (χ4v) is 3.96. The van der Waals surface area contributed by atoms with E-state index in [1.807, 2.05) is 0 Å². The van der Waals surface area contributed by atoms with Gasteiger partial charge in [-0.15, -0.1) is 0 Å². The molecule has 0 aliphatic heterocycles. The summed E-state index contributed by atoms with van der Waals surface area (Å²) in [6.07, 6.45) is -1.53. The first kappa shape index (κ1) is 35.1. The van der Waals surface area contributed by atoms with Gasteiger partial charge in [-0.3, -0.25) is 19.4 Å². The Morgan fingerprint density at radius 1 is 1.08 bits per heavy atom. The SMILES string of the molecule is CC(C)OC(=O)OC(=O)c1cncc(-c2nn(C)cc2NC(=O)c2coc(-c3ccnc(N(CC(F)(F)F)C(=O)OC(C)(C)C)c3)n2)c1. The van der Waals surface area contributed by atoms with Crippen LogP contribution in [-0.4, -0.2) is 73.3 Å². The van der Waals surface area contributed by atoms with Crippen LogP contribution >= 0.6 is 0 Å². The quantitative estimate of drug-likeness (QED) is 0.176. The van der Waals surface area contributed by atoms with E-state index in [2.05, 4.69) is 30.1 Å². The second kappa shape index (κ2) is 13.9. The van der Waals surface area contributed by atoms with Gasteiger partial charge in [-0.2, -0.15) is 18.3 Å². The van der Waals surface area contributed by atoms with Gasteiger partial charge >= 0.3 is 24.4 Å². The highest BCUT2D eigenvalue weighted by molar-refractivity contribution is 6.05. The Morgan fingerprint density at radius 3 is 2.48 bits per heavy atom. The van der Waals surface area contributed by atoms with Crippen molar-refractivity contribution >= 4 is 35.6 Å². The third-order valence-electron chi connectivity index (χ3n) is 5.79. The number of rotatable bonds is 8. The molecular formula is C30H30F3N7O8. The summed E-state index contributed by atoms with van der Waals surface area (Å²) < 4.78 is 61.5. The van der Waals surface area contributed by atoms with Gasteiger partial charge in [0, 0.05) is 43.0 Å². The highest BCUT2D eigenvalue weighted by Gasteiger charge is 2.37. The minimum atomic E-state index is -4.77. The first-order chi connectivity index (χ1) is 22.4. The van der Waals surface area contributed by atoms with Crippen molar-refractivity contribution in [1.82, 2.24) is 24.7 Å². The van der Waals surface area contributed by atoms with Crippen LogP contribution in [0.25, 0.3) is 22.7 Å². The third kappa shape index (κ3) is 9.36. The van der Waals surface area contributed by atoms with Gasteiger partial charge in [0.25, 0.3) is 5.91 Å². The van der Waals surface area contributed by atoms with Crippen molar-refractivity contribution in [3.63, 3.8) is 0 Å². The fraction of sp³-hybridized carbons (Fsp3) is 0.333.